The molecule has 1 aromatic heterocycles. The number of carbonyl (C=O) groups is 1. The molecule has 242 valence electrons. The van der Waals surface area contributed by atoms with Gasteiger partial charge in [0.05, 0.1) is 12.2 Å². The summed E-state index contributed by atoms with van der Waals surface area (Å²) in [6, 6.07) is 12.2. The third-order valence-electron chi connectivity index (χ3n) is 12.9. The van der Waals surface area contributed by atoms with Crippen LogP contribution >= 0.6 is 11.3 Å². The highest BCUT2D eigenvalue weighted by Crippen LogP contribution is 2.69. The van der Waals surface area contributed by atoms with Crippen molar-refractivity contribution in [3.8, 4) is 10.4 Å². The van der Waals surface area contributed by atoms with Gasteiger partial charge in [0.2, 0.25) is 0 Å². The number of thiophene rings is 1. The number of nitrogens with one attached hydrogen (secondary N) is 2. The normalized spacial score (nSPS) is 39.0. The number of aliphatic hydroxyl groups is 2. The zero-order chi connectivity index (χ0) is 31.4. The Balaban J connectivity index is 1.10. The Morgan fingerprint density at radius 2 is 1.68 bits per heavy atom. The zero-order valence-electron chi connectivity index (χ0n) is 26.5. The van der Waals surface area contributed by atoms with Gasteiger partial charge in [-0.1, -0.05) is 64.4 Å². The Labute approximate surface area is 267 Å². The number of hydrogen-bond acceptors (Lipinski definition) is 6. The van der Waals surface area contributed by atoms with Crippen LogP contribution in [0.5, 0.6) is 0 Å². The fourth-order valence-corrected chi connectivity index (χ4v) is 13.0. The summed E-state index contributed by atoms with van der Waals surface area (Å²) in [5.41, 5.74) is 1.18. The van der Waals surface area contributed by atoms with Crippen molar-refractivity contribution >= 4 is 27.4 Å². The molecule has 4 N–H and O–H groups in total. The van der Waals surface area contributed by atoms with Gasteiger partial charge in [0, 0.05) is 11.4 Å². The van der Waals surface area contributed by atoms with Crippen molar-refractivity contribution < 1.29 is 23.4 Å². The summed E-state index contributed by atoms with van der Waals surface area (Å²) in [7, 11) is -3.98. The monoisotopic (exact) mass is 642 g/mol. The van der Waals surface area contributed by atoms with Crippen LogP contribution in [-0.4, -0.2) is 43.4 Å². The second kappa shape index (κ2) is 12.0. The number of rotatable bonds is 7. The number of amides is 2. The molecule has 11 atom stereocenters. The summed E-state index contributed by atoms with van der Waals surface area (Å²) in [6.07, 6.45) is 7.48. The Kier molecular flexibility index (Phi) is 8.74. The van der Waals surface area contributed by atoms with Crippen LogP contribution in [0.2, 0.25) is 0 Å². The molecule has 0 radical (unpaired) electrons. The molecule has 2 amide bonds. The molecule has 44 heavy (non-hydrogen) atoms. The number of aliphatic hydroxyl groups excluding tert-OH is 2. The largest absolute Gasteiger partial charge is 0.393 e. The average Bonchev–Trinajstić information content (AvgIpc) is 3.63. The van der Waals surface area contributed by atoms with E-state index < -0.39 is 16.1 Å². The van der Waals surface area contributed by atoms with Crippen LogP contribution < -0.4 is 10.0 Å². The van der Waals surface area contributed by atoms with Crippen LogP contribution in [0.3, 0.4) is 0 Å². The predicted octanol–water partition coefficient (Wildman–Crippen LogP) is 6.67. The summed E-state index contributed by atoms with van der Waals surface area (Å²) >= 11 is 1.15. The Bertz CT molecular complexity index is 1450. The van der Waals surface area contributed by atoms with E-state index in [9.17, 15) is 23.4 Å². The summed E-state index contributed by atoms with van der Waals surface area (Å²) in [5.74, 6) is 2.38. The topological polar surface area (TPSA) is 116 Å². The second-order valence-corrected chi connectivity index (χ2v) is 17.9. The van der Waals surface area contributed by atoms with Gasteiger partial charge in [0.25, 0.3) is 10.0 Å². The van der Waals surface area contributed by atoms with Gasteiger partial charge in [0.15, 0.2) is 0 Å². The van der Waals surface area contributed by atoms with E-state index in [1.165, 1.54) is 0 Å². The Morgan fingerprint density at radius 1 is 0.977 bits per heavy atom. The molecule has 4 fully saturated rings. The van der Waals surface area contributed by atoms with Gasteiger partial charge >= 0.3 is 6.03 Å². The Hall–Kier alpha value is -1.94. The Morgan fingerprint density at radius 3 is 2.41 bits per heavy atom. The molecule has 0 spiro atoms. The summed E-state index contributed by atoms with van der Waals surface area (Å²) in [5, 5.41) is 25.3. The van der Waals surface area contributed by atoms with E-state index >= 15 is 0 Å². The highest BCUT2D eigenvalue weighted by atomic mass is 32.2. The molecule has 0 bridgehead atoms. The van der Waals surface area contributed by atoms with Crippen molar-refractivity contribution in [2.45, 2.75) is 95.5 Å². The van der Waals surface area contributed by atoms with Crippen LogP contribution in [0.15, 0.2) is 46.7 Å². The molecule has 1 unspecified atom stereocenters. The molecular weight excluding hydrogens is 593 g/mol. The molecule has 4 aliphatic carbocycles. The molecule has 6 rings (SSSR count). The summed E-state index contributed by atoms with van der Waals surface area (Å²) in [4.78, 5) is 13.7. The van der Waals surface area contributed by atoms with E-state index in [-0.39, 0.29) is 45.0 Å². The minimum atomic E-state index is -3.98. The lowest BCUT2D eigenvalue weighted by Crippen LogP contribution is -2.62. The van der Waals surface area contributed by atoms with E-state index in [1.54, 1.807) is 12.1 Å². The van der Waals surface area contributed by atoms with Crippen LogP contribution in [0, 0.1) is 52.3 Å². The third-order valence-corrected chi connectivity index (χ3v) is 15.8. The first-order valence-corrected chi connectivity index (χ1v) is 19.0. The first kappa shape index (κ1) is 32.0. The molecule has 0 saturated heterocycles. The fraction of sp³-hybridized carbons (Fsp3) is 0.686. The number of hydrogen-bond donors (Lipinski definition) is 4. The van der Waals surface area contributed by atoms with Gasteiger partial charge in [-0.05, 0) is 115 Å². The highest BCUT2D eigenvalue weighted by Gasteiger charge is 2.64. The third kappa shape index (κ3) is 5.43. The molecule has 4 aliphatic rings. The maximum absolute atomic E-state index is 13.0. The predicted molar refractivity (Wildman–Crippen MR) is 174 cm³/mol. The molecule has 9 heteroatoms. The SMILES string of the molecule is CC[C@H]1[C@@H](O)C2[C@@H]3CC[C@H]([C@H](C)CNC(=O)NS(=O)(=O)c4ccc(-c5ccccc5)s4)[C@@]3(C)CC[C@@H]2[C@@]2(C)CC[C@@H](O)C[C@@H]12. The maximum Gasteiger partial charge on any atom is 0.328 e. The smallest absolute Gasteiger partial charge is 0.328 e. The maximum atomic E-state index is 13.0. The van der Waals surface area contributed by atoms with Gasteiger partial charge in [-0.15, -0.1) is 11.3 Å². The van der Waals surface area contributed by atoms with Crippen LogP contribution in [-0.2, 0) is 10.0 Å². The number of fused-ring (bicyclic) bond motifs is 5. The van der Waals surface area contributed by atoms with Crippen molar-refractivity contribution in [2.75, 3.05) is 6.54 Å². The molecule has 4 saturated carbocycles. The van der Waals surface area contributed by atoms with Crippen molar-refractivity contribution in [1.29, 1.82) is 0 Å². The molecule has 2 aromatic rings. The van der Waals surface area contributed by atoms with E-state index in [0.717, 1.165) is 73.1 Å². The molecule has 0 aliphatic heterocycles. The standard InChI is InChI=1S/C35H50N2O5S2/c1-5-24-28-19-23(38)15-17-35(28,4)27-16-18-34(3)25(11-12-26(34)31(27)32(24)39)21(2)20-36-33(40)37-44(41,42)30-14-13-29(43-30)22-9-7-6-8-10-22/h6-10,13-14,21,23-28,31-32,38-39H,5,11-12,15-20H2,1-4H3,(H2,36,37,40)/t21-,23-,24-,25-,26+,27+,28+,31?,32-,34-,35-/m1/s1. The van der Waals surface area contributed by atoms with Crippen molar-refractivity contribution in [2.24, 2.45) is 52.3 Å². The van der Waals surface area contributed by atoms with Crippen LogP contribution in [0.4, 0.5) is 4.79 Å². The summed E-state index contributed by atoms with van der Waals surface area (Å²) in [6.45, 7) is 9.66. The minimum absolute atomic E-state index is 0.0757. The number of urea groups is 1. The van der Waals surface area contributed by atoms with E-state index in [0.29, 0.717) is 30.2 Å². The first-order chi connectivity index (χ1) is 20.9. The molecule has 1 heterocycles. The van der Waals surface area contributed by atoms with Gasteiger partial charge in [-0.3, -0.25) is 0 Å². The number of sulfonamides is 1. The van der Waals surface area contributed by atoms with Crippen molar-refractivity contribution in [3.63, 3.8) is 0 Å². The second-order valence-electron chi connectivity index (χ2n) is 14.9. The lowest BCUT2D eigenvalue weighted by molar-refractivity contribution is -0.203. The number of benzene rings is 1. The van der Waals surface area contributed by atoms with Crippen LogP contribution in [0.1, 0.15) is 79.1 Å². The fourth-order valence-electron chi connectivity index (χ4n) is 10.8. The van der Waals surface area contributed by atoms with E-state index in [2.05, 4.69) is 37.7 Å². The highest BCUT2D eigenvalue weighted by molar-refractivity contribution is 7.92. The molecule has 1 aromatic carbocycles. The van der Waals surface area contributed by atoms with Gasteiger partial charge in [-0.25, -0.2) is 17.9 Å². The quantitative estimate of drug-likeness (QED) is 0.270. The van der Waals surface area contributed by atoms with Crippen molar-refractivity contribution in [1.82, 2.24) is 10.0 Å². The molecule has 7 nitrogen and oxygen atoms in total. The first-order valence-electron chi connectivity index (χ1n) is 16.7. The van der Waals surface area contributed by atoms with E-state index in [4.69, 9.17) is 0 Å². The minimum Gasteiger partial charge on any atom is -0.393 e. The van der Waals surface area contributed by atoms with Gasteiger partial charge in [-0.2, -0.15) is 0 Å². The van der Waals surface area contributed by atoms with Crippen molar-refractivity contribution in [3.05, 3.63) is 42.5 Å². The van der Waals surface area contributed by atoms with Gasteiger partial charge in [0.1, 0.15) is 4.21 Å². The summed E-state index contributed by atoms with van der Waals surface area (Å²) < 4.78 is 28.3. The average molecular weight is 643 g/mol. The number of carbonyl (C=O) groups excluding carboxylic acids is 1. The lowest BCUT2D eigenvalue weighted by atomic mass is 9.41. The lowest BCUT2D eigenvalue weighted by Gasteiger charge is -2.64. The van der Waals surface area contributed by atoms with Crippen LogP contribution in [0.25, 0.3) is 10.4 Å². The molecular formula is C35H50N2O5S2. The van der Waals surface area contributed by atoms with E-state index in [1.807, 2.05) is 30.3 Å². The zero-order valence-corrected chi connectivity index (χ0v) is 28.2. The van der Waals surface area contributed by atoms with Gasteiger partial charge < -0.3 is 15.5 Å².